The van der Waals surface area contributed by atoms with Gasteiger partial charge in [0.15, 0.2) is 12.4 Å². The first-order valence-electron chi connectivity index (χ1n) is 7.86. The Morgan fingerprint density at radius 2 is 1.96 bits per heavy atom. The van der Waals surface area contributed by atoms with E-state index < -0.39 is 17.9 Å². The van der Waals surface area contributed by atoms with Crippen LogP contribution in [0.3, 0.4) is 0 Å². The molecule has 0 aliphatic carbocycles. The Kier molecular flexibility index (Phi) is 6.35. The number of primary amides is 2. The molecule has 1 aromatic carbocycles. The summed E-state index contributed by atoms with van der Waals surface area (Å²) in [5.41, 5.74) is 11.5. The van der Waals surface area contributed by atoms with Gasteiger partial charge in [0.2, 0.25) is 5.76 Å². The van der Waals surface area contributed by atoms with Gasteiger partial charge in [0.05, 0.1) is 11.5 Å². The first-order chi connectivity index (χ1) is 12.8. The maximum Gasteiger partial charge on any atom is 0.344 e. The van der Waals surface area contributed by atoms with Crippen molar-refractivity contribution in [1.29, 1.82) is 0 Å². The number of nitrogens with two attached hydrogens (primary N) is 2. The van der Waals surface area contributed by atoms with Crippen LogP contribution in [0.2, 0.25) is 0 Å². The molecule has 0 fully saturated rings. The number of ether oxygens (including phenoxy) is 2. The Morgan fingerprint density at radius 1 is 1.26 bits per heavy atom. The summed E-state index contributed by atoms with van der Waals surface area (Å²) in [6.07, 6.45) is 0. The molecule has 10 heteroatoms. The molecule has 0 unspecified atom stereocenters. The Balaban J connectivity index is 2.44. The number of anilines is 1. The number of hydrogen-bond donors (Lipinski definition) is 4. The highest BCUT2D eigenvalue weighted by molar-refractivity contribution is 7.80. The van der Waals surface area contributed by atoms with Gasteiger partial charge in [0.25, 0.3) is 5.91 Å². The first kappa shape index (κ1) is 20.2. The van der Waals surface area contributed by atoms with Crippen LogP contribution in [0.1, 0.15) is 23.0 Å². The number of nitrogens with one attached hydrogen (secondary N) is 1. The van der Waals surface area contributed by atoms with Crippen LogP contribution in [0.5, 0.6) is 5.75 Å². The molecule has 0 bridgehead atoms. The molecule has 5 N–H and O–H groups in total. The summed E-state index contributed by atoms with van der Waals surface area (Å²) in [6.45, 7) is 3.42. The summed E-state index contributed by atoms with van der Waals surface area (Å²) in [7, 11) is 0. The number of rotatable bonds is 7. The number of thiol groups is 1. The van der Waals surface area contributed by atoms with E-state index in [1.165, 1.54) is 0 Å². The molecule has 2 aromatic rings. The van der Waals surface area contributed by atoms with Crippen LogP contribution < -0.4 is 21.5 Å². The van der Waals surface area contributed by atoms with E-state index in [2.05, 4.69) is 17.9 Å². The summed E-state index contributed by atoms with van der Waals surface area (Å²) in [5, 5.41) is 2.28. The zero-order valence-electron chi connectivity index (χ0n) is 14.7. The molecule has 0 saturated heterocycles. The second kappa shape index (κ2) is 8.49. The summed E-state index contributed by atoms with van der Waals surface area (Å²) >= 11 is 4.32. The van der Waals surface area contributed by atoms with Crippen molar-refractivity contribution in [3.63, 3.8) is 0 Å². The van der Waals surface area contributed by atoms with Gasteiger partial charge in [-0.25, -0.2) is 9.59 Å². The van der Waals surface area contributed by atoms with Gasteiger partial charge in [-0.05, 0) is 19.9 Å². The highest BCUT2D eigenvalue weighted by Gasteiger charge is 2.25. The van der Waals surface area contributed by atoms with Crippen LogP contribution in [0.25, 0.3) is 11.3 Å². The van der Waals surface area contributed by atoms with Crippen LogP contribution in [0.4, 0.5) is 10.5 Å². The average molecular weight is 393 g/mol. The quantitative estimate of drug-likeness (QED) is 0.418. The molecule has 0 spiro atoms. The van der Waals surface area contributed by atoms with Crippen molar-refractivity contribution in [1.82, 2.24) is 0 Å². The summed E-state index contributed by atoms with van der Waals surface area (Å²) in [4.78, 5) is 34.5. The van der Waals surface area contributed by atoms with Gasteiger partial charge in [-0.15, -0.1) is 12.6 Å². The van der Waals surface area contributed by atoms with E-state index in [4.69, 9.17) is 25.4 Å². The smallest absolute Gasteiger partial charge is 0.344 e. The monoisotopic (exact) mass is 393 g/mol. The van der Waals surface area contributed by atoms with Crippen molar-refractivity contribution in [3.8, 4) is 17.1 Å². The van der Waals surface area contributed by atoms with E-state index >= 15 is 0 Å². The van der Waals surface area contributed by atoms with Crippen LogP contribution >= 0.6 is 12.6 Å². The Morgan fingerprint density at radius 3 is 2.56 bits per heavy atom. The lowest BCUT2D eigenvalue weighted by atomic mass is 10.1. The van der Waals surface area contributed by atoms with Crippen molar-refractivity contribution in [2.45, 2.75) is 18.7 Å². The van der Waals surface area contributed by atoms with E-state index in [0.29, 0.717) is 16.9 Å². The molecule has 0 radical (unpaired) electrons. The SMILES string of the molecule is CCOC(=O)COc1cccc(-c2oc(C(N)=O)c(NC(N)=O)c2S)c1C. The van der Waals surface area contributed by atoms with Crippen LogP contribution in [0, 0.1) is 6.92 Å². The number of amides is 3. The fraction of sp³-hybridized carbons (Fsp3) is 0.235. The number of furan rings is 1. The fourth-order valence-electron chi connectivity index (χ4n) is 2.37. The lowest BCUT2D eigenvalue weighted by molar-refractivity contribution is -0.145. The second-order valence-electron chi connectivity index (χ2n) is 5.36. The van der Waals surface area contributed by atoms with Crippen molar-refractivity contribution < 1.29 is 28.3 Å². The zero-order valence-corrected chi connectivity index (χ0v) is 15.6. The maximum atomic E-state index is 11.6. The number of carbonyl (C=O) groups excluding carboxylic acids is 3. The van der Waals surface area contributed by atoms with Crippen LogP contribution in [-0.2, 0) is 9.53 Å². The minimum absolute atomic E-state index is 0.0226. The number of hydrogen-bond acceptors (Lipinski definition) is 7. The molecule has 27 heavy (non-hydrogen) atoms. The number of esters is 1. The molecular weight excluding hydrogens is 374 g/mol. The largest absolute Gasteiger partial charge is 0.482 e. The average Bonchev–Trinajstić information content (AvgIpc) is 2.91. The van der Waals surface area contributed by atoms with Gasteiger partial charge in [-0.3, -0.25) is 4.79 Å². The summed E-state index contributed by atoms with van der Waals surface area (Å²) in [6, 6.07) is 4.13. The van der Waals surface area contributed by atoms with Crippen molar-refractivity contribution in [3.05, 3.63) is 29.5 Å². The molecular formula is C17H19N3O6S. The summed E-state index contributed by atoms with van der Waals surface area (Å²) in [5.74, 6) is -1.08. The lowest BCUT2D eigenvalue weighted by Gasteiger charge is -2.11. The van der Waals surface area contributed by atoms with E-state index in [9.17, 15) is 14.4 Å². The molecule has 0 aliphatic rings. The maximum absolute atomic E-state index is 11.6. The third-order valence-corrected chi connectivity index (χ3v) is 3.96. The Labute approximate surface area is 160 Å². The van der Waals surface area contributed by atoms with Gasteiger partial charge in [0.1, 0.15) is 11.4 Å². The molecule has 0 atom stereocenters. The third kappa shape index (κ3) is 4.53. The molecule has 3 amide bonds. The predicted molar refractivity (Wildman–Crippen MR) is 100.0 cm³/mol. The highest BCUT2D eigenvalue weighted by atomic mass is 32.1. The summed E-state index contributed by atoms with van der Waals surface area (Å²) < 4.78 is 15.8. The standard InChI is InChI=1S/C17H19N3O6S/c1-3-24-11(21)7-25-10-6-4-5-9(8(10)2)13-15(27)12(20-17(19)23)14(26-13)16(18)22/h4-6,27H,3,7H2,1-2H3,(H2,18,22)(H3,19,20,23). The molecule has 9 nitrogen and oxygen atoms in total. The topological polar surface area (TPSA) is 147 Å². The Hall–Kier alpha value is -3.14. The van der Waals surface area contributed by atoms with Gasteiger partial charge in [-0.1, -0.05) is 12.1 Å². The van der Waals surface area contributed by atoms with Gasteiger partial charge in [-0.2, -0.15) is 0 Å². The van der Waals surface area contributed by atoms with Gasteiger partial charge >= 0.3 is 12.0 Å². The highest BCUT2D eigenvalue weighted by Crippen LogP contribution is 2.41. The second-order valence-corrected chi connectivity index (χ2v) is 5.81. The van der Waals surface area contributed by atoms with E-state index in [-0.39, 0.29) is 35.3 Å². The molecule has 0 aliphatic heterocycles. The number of urea groups is 1. The van der Waals surface area contributed by atoms with E-state index in [0.717, 1.165) is 0 Å². The normalized spacial score (nSPS) is 10.3. The third-order valence-electron chi connectivity index (χ3n) is 3.53. The van der Waals surface area contributed by atoms with Gasteiger partial charge < -0.3 is 30.7 Å². The zero-order chi connectivity index (χ0) is 20.1. The molecule has 144 valence electrons. The van der Waals surface area contributed by atoms with Crippen molar-refractivity contribution in [2.24, 2.45) is 11.5 Å². The number of benzene rings is 1. The van der Waals surface area contributed by atoms with Crippen molar-refractivity contribution >= 4 is 36.2 Å². The van der Waals surface area contributed by atoms with E-state index in [1.54, 1.807) is 32.0 Å². The van der Waals surface area contributed by atoms with Crippen molar-refractivity contribution in [2.75, 3.05) is 18.5 Å². The molecule has 1 aromatic heterocycles. The lowest BCUT2D eigenvalue weighted by Crippen LogP contribution is -2.22. The predicted octanol–water partition coefficient (Wildman–Crippen LogP) is 2.08. The minimum Gasteiger partial charge on any atom is -0.482 e. The Bertz CT molecular complexity index is 893. The first-order valence-corrected chi connectivity index (χ1v) is 8.31. The van der Waals surface area contributed by atoms with Crippen LogP contribution in [0.15, 0.2) is 27.5 Å². The number of carbonyl (C=O) groups is 3. The molecule has 2 rings (SSSR count). The molecule has 0 saturated carbocycles. The minimum atomic E-state index is -0.900. The van der Waals surface area contributed by atoms with Gasteiger partial charge in [0, 0.05) is 11.1 Å². The fourth-order valence-corrected chi connectivity index (χ4v) is 2.70. The van der Waals surface area contributed by atoms with Crippen LogP contribution in [-0.4, -0.2) is 31.1 Å². The molecule has 1 heterocycles. The van der Waals surface area contributed by atoms with E-state index in [1.807, 2.05) is 0 Å².